The molecule has 1 aliphatic heterocycles. The first-order valence-corrected chi connectivity index (χ1v) is 5.10. The van der Waals surface area contributed by atoms with Gasteiger partial charge in [-0.3, -0.25) is 0 Å². The number of rotatable bonds is 4. The number of ether oxygens (including phenoxy) is 2. The molecule has 0 spiro atoms. The molecule has 2 heteroatoms. The fourth-order valence-electron chi connectivity index (χ4n) is 1.52. The van der Waals surface area contributed by atoms with E-state index in [9.17, 15) is 0 Å². The van der Waals surface area contributed by atoms with Crippen LogP contribution in [0.1, 0.15) is 20.3 Å². The van der Waals surface area contributed by atoms with Crippen molar-refractivity contribution in [3.05, 3.63) is 30.3 Å². The highest BCUT2D eigenvalue weighted by Crippen LogP contribution is 2.32. The van der Waals surface area contributed by atoms with Gasteiger partial charge in [0.05, 0.1) is 6.61 Å². The summed E-state index contributed by atoms with van der Waals surface area (Å²) in [6.45, 7) is 5.07. The lowest BCUT2D eigenvalue weighted by atomic mass is 9.99. The van der Waals surface area contributed by atoms with Gasteiger partial charge in [-0.1, -0.05) is 25.1 Å². The van der Waals surface area contributed by atoms with Crippen molar-refractivity contribution in [2.24, 2.45) is 0 Å². The molecular weight excluding hydrogens is 176 g/mol. The Bertz CT molecular complexity index is 292. The van der Waals surface area contributed by atoms with Crippen LogP contribution in [0.3, 0.4) is 0 Å². The van der Waals surface area contributed by atoms with E-state index in [1.165, 1.54) is 0 Å². The van der Waals surface area contributed by atoms with E-state index in [1.807, 2.05) is 30.3 Å². The summed E-state index contributed by atoms with van der Waals surface area (Å²) in [4.78, 5) is 0. The Morgan fingerprint density at radius 3 is 2.57 bits per heavy atom. The second kappa shape index (κ2) is 3.62. The SMILES string of the molecule is CCC(C)(Oc1ccccc1)C1CO1. The van der Waals surface area contributed by atoms with E-state index in [2.05, 4.69) is 13.8 Å². The summed E-state index contributed by atoms with van der Waals surface area (Å²) in [5, 5.41) is 0. The third-order valence-electron chi connectivity index (χ3n) is 2.81. The molecule has 0 amide bonds. The van der Waals surface area contributed by atoms with Gasteiger partial charge in [-0.25, -0.2) is 0 Å². The van der Waals surface area contributed by atoms with Crippen LogP contribution in [0.25, 0.3) is 0 Å². The zero-order chi connectivity index (χ0) is 10.0. The summed E-state index contributed by atoms with van der Waals surface area (Å²) in [5.41, 5.74) is -0.165. The zero-order valence-corrected chi connectivity index (χ0v) is 8.69. The topological polar surface area (TPSA) is 21.8 Å². The van der Waals surface area contributed by atoms with Crippen LogP contribution in [0, 0.1) is 0 Å². The van der Waals surface area contributed by atoms with Crippen LogP contribution in [0.15, 0.2) is 30.3 Å². The van der Waals surface area contributed by atoms with E-state index in [0.29, 0.717) is 0 Å². The fraction of sp³-hybridized carbons (Fsp3) is 0.500. The summed E-state index contributed by atoms with van der Waals surface area (Å²) in [7, 11) is 0. The molecule has 1 heterocycles. The van der Waals surface area contributed by atoms with Crippen molar-refractivity contribution in [1.29, 1.82) is 0 Å². The van der Waals surface area contributed by atoms with Crippen molar-refractivity contribution < 1.29 is 9.47 Å². The first-order chi connectivity index (χ1) is 6.74. The van der Waals surface area contributed by atoms with Gasteiger partial charge in [0.15, 0.2) is 0 Å². The van der Waals surface area contributed by atoms with E-state index >= 15 is 0 Å². The lowest BCUT2D eigenvalue weighted by molar-refractivity contribution is 0.0521. The highest BCUT2D eigenvalue weighted by Gasteiger charge is 2.44. The number of epoxide rings is 1. The molecule has 1 aromatic rings. The van der Waals surface area contributed by atoms with Gasteiger partial charge in [-0.15, -0.1) is 0 Å². The minimum atomic E-state index is -0.165. The van der Waals surface area contributed by atoms with Gasteiger partial charge in [0.2, 0.25) is 0 Å². The van der Waals surface area contributed by atoms with Gasteiger partial charge in [-0.2, -0.15) is 0 Å². The summed E-state index contributed by atoms with van der Waals surface area (Å²) < 4.78 is 11.3. The van der Waals surface area contributed by atoms with Crippen molar-refractivity contribution in [2.45, 2.75) is 32.0 Å². The molecule has 76 valence electrons. The number of hydrogen-bond donors (Lipinski definition) is 0. The highest BCUT2D eigenvalue weighted by atomic mass is 16.6. The normalized spacial score (nSPS) is 24.0. The molecule has 0 N–H and O–H groups in total. The first kappa shape index (κ1) is 9.53. The van der Waals surface area contributed by atoms with E-state index in [-0.39, 0.29) is 11.7 Å². The predicted octanol–water partition coefficient (Wildman–Crippen LogP) is 2.63. The van der Waals surface area contributed by atoms with Crippen molar-refractivity contribution in [3.63, 3.8) is 0 Å². The van der Waals surface area contributed by atoms with Gasteiger partial charge in [0, 0.05) is 0 Å². The monoisotopic (exact) mass is 192 g/mol. The second-order valence-corrected chi connectivity index (χ2v) is 3.90. The third kappa shape index (κ3) is 1.90. The van der Waals surface area contributed by atoms with Gasteiger partial charge in [0.25, 0.3) is 0 Å². The molecule has 2 nitrogen and oxygen atoms in total. The Labute approximate surface area is 84.8 Å². The van der Waals surface area contributed by atoms with E-state index in [4.69, 9.17) is 9.47 Å². The summed E-state index contributed by atoms with van der Waals surface area (Å²) in [5.74, 6) is 0.923. The minimum absolute atomic E-state index is 0.165. The van der Waals surface area contributed by atoms with Crippen LogP contribution < -0.4 is 4.74 Å². The second-order valence-electron chi connectivity index (χ2n) is 3.90. The molecule has 2 unspecified atom stereocenters. The van der Waals surface area contributed by atoms with Gasteiger partial charge in [0.1, 0.15) is 17.5 Å². The maximum Gasteiger partial charge on any atom is 0.134 e. The lowest BCUT2D eigenvalue weighted by Crippen LogP contribution is -2.37. The smallest absolute Gasteiger partial charge is 0.134 e. The Morgan fingerprint density at radius 1 is 1.43 bits per heavy atom. The Kier molecular flexibility index (Phi) is 2.46. The van der Waals surface area contributed by atoms with Crippen molar-refractivity contribution in [2.75, 3.05) is 6.61 Å². The van der Waals surface area contributed by atoms with Crippen LogP contribution >= 0.6 is 0 Å². The van der Waals surface area contributed by atoms with Crippen molar-refractivity contribution >= 4 is 0 Å². The fourth-order valence-corrected chi connectivity index (χ4v) is 1.52. The van der Waals surface area contributed by atoms with Gasteiger partial charge >= 0.3 is 0 Å². The average Bonchev–Trinajstić information content (AvgIpc) is 3.03. The van der Waals surface area contributed by atoms with Crippen LogP contribution in [0.5, 0.6) is 5.75 Å². The Hall–Kier alpha value is -1.02. The molecule has 1 fully saturated rings. The van der Waals surface area contributed by atoms with Crippen molar-refractivity contribution in [1.82, 2.24) is 0 Å². The largest absolute Gasteiger partial charge is 0.485 e. The molecule has 0 saturated carbocycles. The molecular formula is C12H16O2. The maximum atomic E-state index is 5.95. The quantitative estimate of drug-likeness (QED) is 0.684. The molecule has 2 rings (SSSR count). The summed E-state index contributed by atoms with van der Waals surface area (Å²) >= 11 is 0. The third-order valence-corrected chi connectivity index (χ3v) is 2.81. The zero-order valence-electron chi connectivity index (χ0n) is 8.69. The van der Waals surface area contributed by atoms with Gasteiger partial charge in [-0.05, 0) is 25.5 Å². The van der Waals surface area contributed by atoms with Crippen molar-refractivity contribution in [3.8, 4) is 5.75 Å². The first-order valence-electron chi connectivity index (χ1n) is 5.10. The lowest BCUT2D eigenvalue weighted by Gasteiger charge is -2.27. The molecule has 2 atom stereocenters. The Morgan fingerprint density at radius 2 is 2.07 bits per heavy atom. The van der Waals surface area contributed by atoms with Crippen LogP contribution in [0.2, 0.25) is 0 Å². The highest BCUT2D eigenvalue weighted by molar-refractivity contribution is 5.22. The molecule has 0 aromatic heterocycles. The molecule has 0 radical (unpaired) electrons. The predicted molar refractivity (Wildman–Crippen MR) is 55.5 cm³/mol. The molecule has 1 aliphatic rings. The van der Waals surface area contributed by atoms with Gasteiger partial charge < -0.3 is 9.47 Å². The average molecular weight is 192 g/mol. The molecule has 14 heavy (non-hydrogen) atoms. The summed E-state index contributed by atoms with van der Waals surface area (Å²) in [6.07, 6.45) is 1.24. The molecule has 1 saturated heterocycles. The standard InChI is InChI=1S/C12H16O2/c1-3-12(2,11-9-13-11)14-10-7-5-4-6-8-10/h4-8,11H,3,9H2,1-2H3. The number of para-hydroxylation sites is 1. The minimum Gasteiger partial charge on any atom is -0.485 e. The summed E-state index contributed by atoms with van der Waals surface area (Å²) in [6, 6.07) is 9.93. The maximum absolute atomic E-state index is 5.95. The number of hydrogen-bond acceptors (Lipinski definition) is 2. The van der Waals surface area contributed by atoms with E-state index in [1.54, 1.807) is 0 Å². The molecule has 1 aromatic carbocycles. The Balaban J connectivity index is 2.08. The van der Waals surface area contributed by atoms with E-state index < -0.39 is 0 Å². The van der Waals surface area contributed by atoms with Crippen LogP contribution in [-0.4, -0.2) is 18.3 Å². The molecule has 0 bridgehead atoms. The van der Waals surface area contributed by atoms with Crippen LogP contribution in [0.4, 0.5) is 0 Å². The van der Waals surface area contributed by atoms with E-state index in [0.717, 1.165) is 18.8 Å². The molecule has 0 aliphatic carbocycles. The van der Waals surface area contributed by atoms with Crippen LogP contribution in [-0.2, 0) is 4.74 Å². The number of benzene rings is 1.